The molecule has 1 unspecified atom stereocenters. The van der Waals surface area contributed by atoms with Gasteiger partial charge in [0.05, 0.1) is 0 Å². The van der Waals surface area contributed by atoms with E-state index in [1.807, 2.05) is 24.4 Å². The Labute approximate surface area is 185 Å². The Bertz CT molecular complexity index is 815. The lowest BCUT2D eigenvalue weighted by Crippen LogP contribution is -2.62. The van der Waals surface area contributed by atoms with Gasteiger partial charge in [0, 0.05) is 55.5 Å². The molecule has 160 valence electrons. The van der Waals surface area contributed by atoms with E-state index in [1.165, 1.54) is 44.3 Å². The largest absolute Gasteiger partial charge is 0.357 e. The van der Waals surface area contributed by atoms with Gasteiger partial charge in [-0.05, 0) is 74.9 Å². The summed E-state index contributed by atoms with van der Waals surface area (Å²) in [5.41, 5.74) is 1.40. The van der Waals surface area contributed by atoms with Crippen LogP contribution in [0.25, 0.3) is 0 Å². The summed E-state index contributed by atoms with van der Waals surface area (Å²) in [6.07, 6.45) is 8.32. The quantitative estimate of drug-likeness (QED) is 0.711. The third-order valence-corrected chi connectivity index (χ3v) is 7.64. The highest BCUT2D eigenvalue weighted by atomic mass is 35.5. The van der Waals surface area contributed by atoms with Crippen LogP contribution in [-0.4, -0.2) is 66.1 Å². The summed E-state index contributed by atoms with van der Waals surface area (Å²) in [4.78, 5) is 12.6. The lowest BCUT2D eigenvalue weighted by Gasteiger charge is -2.50. The summed E-state index contributed by atoms with van der Waals surface area (Å²) in [7, 11) is 2.35. The van der Waals surface area contributed by atoms with Crippen molar-refractivity contribution in [2.45, 2.75) is 50.2 Å². The molecule has 2 aromatic rings. The van der Waals surface area contributed by atoms with Crippen molar-refractivity contribution in [3.8, 4) is 0 Å². The van der Waals surface area contributed by atoms with E-state index in [9.17, 15) is 0 Å². The van der Waals surface area contributed by atoms with Crippen LogP contribution in [0.1, 0.15) is 31.2 Å². The van der Waals surface area contributed by atoms with Crippen LogP contribution >= 0.6 is 11.6 Å². The second-order valence-electron chi connectivity index (χ2n) is 9.43. The summed E-state index contributed by atoms with van der Waals surface area (Å²) >= 11 is 6.12. The van der Waals surface area contributed by atoms with Crippen molar-refractivity contribution >= 4 is 17.4 Å². The fourth-order valence-electron chi connectivity index (χ4n) is 5.56. The zero-order valence-electron chi connectivity index (χ0n) is 18.0. The van der Waals surface area contributed by atoms with E-state index in [1.54, 1.807) is 0 Å². The second-order valence-corrected chi connectivity index (χ2v) is 9.87. The van der Waals surface area contributed by atoms with Crippen molar-refractivity contribution in [1.82, 2.24) is 14.8 Å². The van der Waals surface area contributed by atoms with Crippen molar-refractivity contribution in [2.24, 2.45) is 5.92 Å². The fraction of sp³-hybridized carbons (Fsp3) is 0.560. The molecule has 1 aromatic carbocycles. The molecule has 1 aliphatic carbocycles. The monoisotopic (exact) mass is 424 g/mol. The van der Waals surface area contributed by atoms with E-state index >= 15 is 0 Å². The molecule has 1 saturated carbocycles. The molecule has 3 aliphatic rings. The molecule has 30 heavy (non-hydrogen) atoms. The Morgan fingerprint density at radius 3 is 2.40 bits per heavy atom. The third-order valence-electron chi connectivity index (χ3n) is 7.39. The summed E-state index contributed by atoms with van der Waals surface area (Å²) < 4.78 is 0. The first kappa shape index (κ1) is 20.3. The number of likely N-dealkylation sites (N-methyl/N-ethyl adjacent to an activating group) is 1. The molecular weight excluding hydrogens is 392 g/mol. The molecule has 4 nitrogen and oxygen atoms in total. The third kappa shape index (κ3) is 4.51. The summed E-state index contributed by atoms with van der Waals surface area (Å²) in [5, 5.41) is 0.826. The first-order chi connectivity index (χ1) is 14.7. The van der Waals surface area contributed by atoms with E-state index in [0.717, 1.165) is 42.3 Å². The van der Waals surface area contributed by atoms with Gasteiger partial charge in [0.15, 0.2) is 0 Å². The maximum absolute atomic E-state index is 6.12. The van der Waals surface area contributed by atoms with E-state index in [4.69, 9.17) is 11.6 Å². The molecule has 1 aromatic heterocycles. The molecule has 0 amide bonds. The number of pyridine rings is 1. The Hall–Kier alpha value is -1.62. The van der Waals surface area contributed by atoms with Gasteiger partial charge in [0.25, 0.3) is 0 Å². The lowest BCUT2D eigenvalue weighted by molar-refractivity contribution is 0.000284. The van der Waals surface area contributed by atoms with Crippen LogP contribution in [0, 0.1) is 5.92 Å². The molecule has 0 N–H and O–H groups in total. The molecule has 5 rings (SSSR count). The minimum absolute atomic E-state index is 0.581. The maximum Gasteiger partial charge on any atom is 0.128 e. The average molecular weight is 425 g/mol. The zero-order chi connectivity index (χ0) is 20.5. The van der Waals surface area contributed by atoms with Gasteiger partial charge in [-0.15, -0.1) is 0 Å². The normalized spacial score (nSPS) is 26.8. The van der Waals surface area contributed by atoms with Gasteiger partial charge in [-0.1, -0.05) is 29.8 Å². The molecule has 0 radical (unpaired) electrons. The molecule has 0 bridgehead atoms. The number of piperidine rings is 1. The minimum atomic E-state index is 0.581. The number of halogens is 1. The molecule has 2 saturated heterocycles. The molecule has 2 aliphatic heterocycles. The number of nitrogens with zero attached hydrogens (tertiary/aromatic N) is 4. The Morgan fingerprint density at radius 2 is 1.73 bits per heavy atom. The zero-order valence-corrected chi connectivity index (χ0v) is 18.7. The summed E-state index contributed by atoms with van der Waals surface area (Å²) in [6.45, 7) is 4.61. The highest BCUT2D eigenvalue weighted by Crippen LogP contribution is 2.38. The number of hydrogen-bond acceptors (Lipinski definition) is 4. The minimum Gasteiger partial charge on any atom is -0.357 e. The lowest BCUT2D eigenvalue weighted by atomic mass is 9.93. The molecule has 0 spiro atoms. The average Bonchev–Trinajstić information content (AvgIpc) is 3.62. The van der Waals surface area contributed by atoms with Crippen molar-refractivity contribution in [2.75, 3.05) is 38.1 Å². The van der Waals surface area contributed by atoms with Gasteiger partial charge in [0.2, 0.25) is 0 Å². The van der Waals surface area contributed by atoms with Crippen molar-refractivity contribution in [1.29, 1.82) is 0 Å². The maximum atomic E-state index is 6.12. The molecule has 5 heteroatoms. The highest BCUT2D eigenvalue weighted by molar-refractivity contribution is 6.30. The molecular formula is C25H33ClN4. The number of rotatable bonds is 5. The van der Waals surface area contributed by atoms with Crippen molar-refractivity contribution in [3.63, 3.8) is 0 Å². The fourth-order valence-corrected chi connectivity index (χ4v) is 5.68. The molecule has 2 atom stereocenters. The van der Waals surface area contributed by atoms with Crippen LogP contribution in [0.5, 0.6) is 0 Å². The summed E-state index contributed by atoms with van der Waals surface area (Å²) in [5.74, 6) is 2.05. The van der Waals surface area contributed by atoms with Gasteiger partial charge >= 0.3 is 0 Å². The first-order valence-electron chi connectivity index (χ1n) is 11.5. The number of anilines is 1. The molecule has 3 fully saturated rings. The number of piperazine rings is 1. The number of benzene rings is 1. The van der Waals surface area contributed by atoms with Gasteiger partial charge in [-0.3, -0.25) is 4.90 Å². The van der Waals surface area contributed by atoms with Crippen molar-refractivity contribution in [3.05, 3.63) is 59.2 Å². The second kappa shape index (κ2) is 8.86. The topological polar surface area (TPSA) is 22.6 Å². The van der Waals surface area contributed by atoms with Gasteiger partial charge in [-0.25, -0.2) is 4.98 Å². The van der Waals surface area contributed by atoms with Gasteiger partial charge in [0.1, 0.15) is 5.82 Å². The van der Waals surface area contributed by atoms with E-state index in [2.05, 4.69) is 51.0 Å². The standard InChI is InChI=1S/C25H33ClN4/c1-28-17-23(16-19-5-9-21(26)10-6-19)30(18-24(28)20-7-8-20)22-11-14-29(15-12-22)25-4-2-3-13-27-25/h2-6,9-10,13,20,22-24H,7-8,11-12,14-18H2,1H3/t23-,24?/m0/s1. The number of aromatic nitrogens is 1. The SMILES string of the molecule is CN1C[C@H](Cc2ccc(Cl)cc2)N(C2CCN(c3ccccn3)CC2)CC1C1CC1. The number of hydrogen-bond donors (Lipinski definition) is 0. The van der Waals surface area contributed by atoms with Crippen LogP contribution < -0.4 is 4.90 Å². The molecule has 3 heterocycles. The predicted octanol–water partition coefficient (Wildman–Crippen LogP) is 4.34. The first-order valence-corrected chi connectivity index (χ1v) is 11.9. The van der Waals surface area contributed by atoms with Crippen LogP contribution in [0.15, 0.2) is 48.7 Å². The van der Waals surface area contributed by atoms with Gasteiger partial charge < -0.3 is 9.80 Å². The Kier molecular flexibility index (Phi) is 5.99. The van der Waals surface area contributed by atoms with Crippen molar-refractivity contribution < 1.29 is 0 Å². The Morgan fingerprint density at radius 1 is 0.967 bits per heavy atom. The van der Waals surface area contributed by atoms with E-state index in [-0.39, 0.29) is 0 Å². The van der Waals surface area contributed by atoms with Crippen LogP contribution in [0.2, 0.25) is 5.02 Å². The van der Waals surface area contributed by atoms with Crippen LogP contribution in [0.4, 0.5) is 5.82 Å². The predicted molar refractivity (Wildman–Crippen MR) is 124 cm³/mol. The smallest absolute Gasteiger partial charge is 0.128 e. The Balaban J connectivity index is 1.29. The highest BCUT2D eigenvalue weighted by Gasteiger charge is 2.42. The van der Waals surface area contributed by atoms with E-state index in [0.29, 0.717) is 12.1 Å². The van der Waals surface area contributed by atoms with Crippen LogP contribution in [-0.2, 0) is 6.42 Å². The van der Waals surface area contributed by atoms with Gasteiger partial charge in [-0.2, -0.15) is 0 Å². The van der Waals surface area contributed by atoms with E-state index < -0.39 is 0 Å². The van der Waals surface area contributed by atoms with Crippen LogP contribution in [0.3, 0.4) is 0 Å². The summed E-state index contributed by atoms with van der Waals surface area (Å²) in [6, 6.07) is 16.7.